The standard InChI is InChI=1S/C21H30ClN3O3/c1-14(15-4-5-15)25(3)12-19(26)24-21(2)10-17(11-21)23-20(27)13-28-18-8-6-16(22)7-9-18/h6-9,14-15,17H,4-5,10-13H2,1-3H3,(H,23,27)(H,24,26)/t14-,17?,21?/m1/s1. The summed E-state index contributed by atoms with van der Waals surface area (Å²) in [6.07, 6.45) is 4.00. The molecule has 154 valence electrons. The monoisotopic (exact) mass is 407 g/mol. The molecule has 7 heteroatoms. The lowest BCUT2D eigenvalue weighted by atomic mass is 9.74. The number of nitrogens with one attached hydrogen (secondary N) is 2. The number of carbonyl (C=O) groups is 2. The normalized spacial score (nSPS) is 25.0. The highest BCUT2D eigenvalue weighted by molar-refractivity contribution is 6.30. The third-order valence-corrected chi connectivity index (χ3v) is 6.03. The molecule has 0 aromatic heterocycles. The second kappa shape index (κ2) is 8.70. The fraction of sp³-hybridized carbons (Fsp3) is 0.619. The van der Waals surface area contributed by atoms with E-state index in [9.17, 15) is 9.59 Å². The van der Waals surface area contributed by atoms with E-state index >= 15 is 0 Å². The molecule has 2 aliphatic carbocycles. The molecule has 0 unspecified atom stereocenters. The van der Waals surface area contributed by atoms with Gasteiger partial charge in [0.2, 0.25) is 5.91 Å². The minimum absolute atomic E-state index is 0.0367. The number of hydrogen-bond acceptors (Lipinski definition) is 4. The molecule has 2 amide bonds. The maximum atomic E-state index is 12.4. The van der Waals surface area contributed by atoms with Gasteiger partial charge >= 0.3 is 0 Å². The lowest BCUT2D eigenvalue weighted by Gasteiger charge is -2.46. The molecule has 2 fully saturated rings. The number of carbonyl (C=O) groups excluding carboxylic acids is 2. The van der Waals surface area contributed by atoms with Gasteiger partial charge in [0.1, 0.15) is 5.75 Å². The zero-order valence-electron chi connectivity index (χ0n) is 16.8. The third kappa shape index (κ3) is 5.85. The van der Waals surface area contributed by atoms with E-state index in [4.69, 9.17) is 16.3 Å². The fourth-order valence-corrected chi connectivity index (χ4v) is 3.99. The number of nitrogens with zero attached hydrogens (tertiary/aromatic N) is 1. The molecular formula is C21H30ClN3O3. The van der Waals surface area contributed by atoms with Gasteiger partial charge in [0.15, 0.2) is 6.61 Å². The minimum atomic E-state index is -0.254. The molecule has 0 saturated heterocycles. The van der Waals surface area contributed by atoms with Crippen molar-refractivity contribution in [3.63, 3.8) is 0 Å². The van der Waals surface area contributed by atoms with Crippen molar-refractivity contribution in [1.29, 1.82) is 0 Å². The predicted octanol–water partition coefficient (Wildman–Crippen LogP) is 2.60. The van der Waals surface area contributed by atoms with Gasteiger partial charge in [-0.15, -0.1) is 0 Å². The van der Waals surface area contributed by atoms with Crippen molar-refractivity contribution in [2.24, 2.45) is 5.92 Å². The van der Waals surface area contributed by atoms with E-state index < -0.39 is 0 Å². The Labute approximate surface area is 171 Å². The van der Waals surface area contributed by atoms with Gasteiger partial charge in [-0.05, 0) is 76.8 Å². The number of rotatable bonds is 9. The Bertz CT molecular complexity index is 699. The number of amides is 2. The molecule has 0 aliphatic heterocycles. The van der Waals surface area contributed by atoms with Gasteiger partial charge in [0, 0.05) is 22.6 Å². The van der Waals surface area contributed by atoms with Crippen molar-refractivity contribution in [3.05, 3.63) is 29.3 Å². The van der Waals surface area contributed by atoms with Crippen LogP contribution in [0.5, 0.6) is 5.75 Å². The molecule has 0 spiro atoms. The van der Waals surface area contributed by atoms with Crippen LogP contribution in [0.3, 0.4) is 0 Å². The first-order valence-electron chi connectivity index (χ1n) is 9.93. The molecule has 28 heavy (non-hydrogen) atoms. The van der Waals surface area contributed by atoms with Crippen molar-refractivity contribution < 1.29 is 14.3 Å². The van der Waals surface area contributed by atoms with Crippen LogP contribution in [0.15, 0.2) is 24.3 Å². The molecule has 0 bridgehead atoms. The van der Waals surface area contributed by atoms with Gasteiger partial charge in [0.25, 0.3) is 5.91 Å². The Morgan fingerprint density at radius 1 is 1.25 bits per heavy atom. The van der Waals surface area contributed by atoms with Crippen LogP contribution >= 0.6 is 11.6 Å². The first-order chi connectivity index (χ1) is 13.2. The summed E-state index contributed by atoms with van der Waals surface area (Å²) in [6.45, 7) is 4.60. The van der Waals surface area contributed by atoms with Crippen molar-refractivity contribution in [2.45, 2.75) is 57.2 Å². The van der Waals surface area contributed by atoms with E-state index in [1.54, 1.807) is 24.3 Å². The number of halogens is 1. The summed E-state index contributed by atoms with van der Waals surface area (Å²) >= 11 is 5.82. The minimum Gasteiger partial charge on any atom is -0.484 e. The van der Waals surface area contributed by atoms with Gasteiger partial charge in [-0.2, -0.15) is 0 Å². The second-order valence-electron chi connectivity index (χ2n) is 8.52. The van der Waals surface area contributed by atoms with E-state index in [1.807, 2.05) is 14.0 Å². The topological polar surface area (TPSA) is 70.7 Å². The van der Waals surface area contributed by atoms with Crippen LogP contribution in [0, 0.1) is 5.92 Å². The van der Waals surface area contributed by atoms with Crippen molar-refractivity contribution in [3.8, 4) is 5.75 Å². The Balaban J connectivity index is 1.33. The van der Waals surface area contributed by atoms with Gasteiger partial charge in [-0.1, -0.05) is 11.6 Å². The highest BCUT2D eigenvalue weighted by Gasteiger charge is 2.42. The molecule has 0 heterocycles. The quantitative estimate of drug-likeness (QED) is 0.660. The summed E-state index contributed by atoms with van der Waals surface area (Å²) in [5.41, 5.74) is -0.254. The Kier molecular flexibility index (Phi) is 6.50. The maximum Gasteiger partial charge on any atom is 0.258 e. The molecule has 1 aromatic carbocycles. The summed E-state index contributed by atoms with van der Waals surface area (Å²) in [7, 11) is 2.01. The van der Waals surface area contributed by atoms with E-state index in [-0.39, 0.29) is 30.0 Å². The summed E-state index contributed by atoms with van der Waals surface area (Å²) in [5, 5.41) is 6.71. The van der Waals surface area contributed by atoms with Crippen molar-refractivity contribution in [2.75, 3.05) is 20.2 Å². The molecule has 2 aliphatic rings. The molecule has 2 N–H and O–H groups in total. The molecule has 1 aromatic rings. The lowest BCUT2D eigenvalue weighted by Crippen LogP contribution is -2.63. The van der Waals surface area contributed by atoms with Crippen LogP contribution in [-0.2, 0) is 9.59 Å². The molecular weight excluding hydrogens is 378 g/mol. The van der Waals surface area contributed by atoms with Crippen LogP contribution in [0.25, 0.3) is 0 Å². The zero-order chi connectivity index (χ0) is 20.3. The Hall–Kier alpha value is -1.79. The van der Waals surface area contributed by atoms with Gasteiger partial charge in [-0.25, -0.2) is 0 Å². The number of likely N-dealkylation sites (N-methyl/N-ethyl adjacent to an activating group) is 1. The molecule has 0 radical (unpaired) electrons. The maximum absolute atomic E-state index is 12.4. The van der Waals surface area contributed by atoms with E-state index in [2.05, 4.69) is 22.5 Å². The average molecular weight is 408 g/mol. The Morgan fingerprint density at radius 2 is 1.89 bits per heavy atom. The summed E-state index contributed by atoms with van der Waals surface area (Å²) in [6, 6.07) is 7.41. The van der Waals surface area contributed by atoms with Crippen LogP contribution in [0.4, 0.5) is 0 Å². The smallest absolute Gasteiger partial charge is 0.258 e. The SMILES string of the molecule is C[C@H](C1CC1)N(C)CC(=O)NC1(C)CC(NC(=O)COc2ccc(Cl)cc2)C1. The molecule has 6 nitrogen and oxygen atoms in total. The summed E-state index contributed by atoms with van der Waals surface area (Å²) in [5.74, 6) is 1.24. The van der Waals surface area contributed by atoms with Gasteiger partial charge < -0.3 is 15.4 Å². The van der Waals surface area contributed by atoms with Crippen LogP contribution in [-0.4, -0.2) is 54.5 Å². The lowest BCUT2D eigenvalue weighted by molar-refractivity contribution is -0.126. The van der Waals surface area contributed by atoms with E-state index in [1.165, 1.54) is 12.8 Å². The van der Waals surface area contributed by atoms with Crippen molar-refractivity contribution >= 4 is 23.4 Å². The molecule has 2 saturated carbocycles. The molecule has 1 atom stereocenters. The average Bonchev–Trinajstić information content (AvgIpc) is 3.44. The number of ether oxygens (including phenoxy) is 1. The largest absolute Gasteiger partial charge is 0.484 e. The fourth-order valence-electron chi connectivity index (χ4n) is 3.87. The van der Waals surface area contributed by atoms with E-state index in [0.29, 0.717) is 23.4 Å². The first-order valence-corrected chi connectivity index (χ1v) is 10.3. The zero-order valence-corrected chi connectivity index (χ0v) is 17.6. The van der Waals surface area contributed by atoms with E-state index in [0.717, 1.165) is 18.8 Å². The summed E-state index contributed by atoms with van der Waals surface area (Å²) < 4.78 is 5.45. The highest BCUT2D eigenvalue weighted by Crippen LogP contribution is 2.35. The Morgan fingerprint density at radius 3 is 2.50 bits per heavy atom. The predicted molar refractivity (Wildman–Crippen MR) is 109 cm³/mol. The summed E-state index contributed by atoms with van der Waals surface area (Å²) in [4.78, 5) is 26.5. The van der Waals surface area contributed by atoms with Crippen LogP contribution in [0.1, 0.15) is 39.5 Å². The highest BCUT2D eigenvalue weighted by atomic mass is 35.5. The van der Waals surface area contributed by atoms with Crippen LogP contribution < -0.4 is 15.4 Å². The second-order valence-corrected chi connectivity index (χ2v) is 8.95. The third-order valence-electron chi connectivity index (χ3n) is 5.78. The number of hydrogen-bond donors (Lipinski definition) is 2. The molecule has 3 rings (SSSR count). The van der Waals surface area contributed by atoms with Crippen LogP contribution in [0.2, 0.25) is 5.02 Å². The van der Waals surface area contributed by atoms with Gasteiger partial charge in [-0.3, -0.25) is 14.5 Å². The van der Waals surface area contributed by atoms with Gasteiger partial charge in [0.05, 0.1) is 6.54 Å². The first kappa shape index (κ1) is 20.9. The number of benzene rings is 1. The van der Waals surface area contributed by atoms with Crippen molar-refractivity contribution in [1.82, 2.24) is 15.5 Å².